The number of anilines is 1. The Labute approximate surface area is 88.3 Å². The van der Waals surface area contributed by atoms with Crippen molar-refractivity contribution in [3.05, 3.63) is 23.8 Å². The van der Waals surface area contributed by atoms with Gasteiger partial charge in [-0.2, -0.15) is 0 Å². The van der Waals surface area contributed by atoms with Crippen LogP contribution in [0.15, 0.2) is 23.1 Å². The Bertz CT molecular complexity index is 350. The number of rotatable bonds is 2. The van der Waals surface area contributed by atoms with Crippen LogP contribution in [0.5, 0.6) is 0 Å². The van der Waals surface area contributed by atoms with Crippen molar-refractivity contribution in [1.82, 2.24) is 4.90 Å². The van der Waals surface area contributed by atoms with Gasteiger partial charge in [0.05, 0.1) is 0 Å². The molecule has 0 radical (unpaired) electrons. The van der Waals surface area contributed by atoms with E-state index in [0.29, 0.717) is 11.3 Å². The van der Waals surface area contributed by atoms with E-state index in [2.05, 4.69) is 0 Å². The minimum absolute atomic E-state index is 0.0237. The van der Waals surface area contributed by atoms with Crippen LogP contribution in [0.3, 0.4) is 0 Å². The summed E-state index contributed by atoms with van der Waals surface area (Å²) in [6, 6.07) is 5.38. The molecule has 1 rings (SSSR count). The number of nitrogens with two attached hydrogens (primary N) is 1. The average molecular weight is 210 g/mol. The normalized spacial score (nSPS) is 9.93. The lowest BCUT2D eigenvalue weighted by molar-refractivity contribution is 0.0827. The Morgan fingerprint density at radius 3 is 2.50 bits per heavy atom. The molecular weight excluding hydrogens is 196 g/mol. The van der Waals surface area contributed by atoms with Crippen molar-refractivity contribution < 1.29 is 4.79 Å². The predicted octanol–water partition coefficient (Wildman–Crippen LogP) is 1.69. The third-order valence-electron chi connectivity index (χ3n) is 1.88. The van der Waals surface area contributed by atoms with Gasteiger partial charge < -0.3 is 10.6 Å². The maximum atomic E-state index is 11.6. The zero-order valence-electron chi connectivity index (χ0n) is 8.57. The average Bonchev–Trinajstić information content (AvgIpc) is 2.16. The van der Waals surface area contributed by atoms with Crippen LogP contribution in [0.25, 0.3) is 0 Å². The van der Waals surface area contributed by atoms with Gasteiger partial charge in [0.1, 0.15) is 0 Å². The van der Waals surface area contributed by atoms with E-state index in [-0.39, 0.29) is 5.91 Å². The fourth-order valence-electron chi connectivity index (χ4n) is 1.13. The van der Waals surface area contributed by atoms with E-state index >= 15 is 0 Å². The van der Waals surface area contributed by atoms with E-state index in [9.17, 15) is 4.79 Å². The number of hydrogen-bond donors (Lipinski definition) is 1. The molecule has 1 aromatic rings. The minimum atomic E-state index is -0.0237. The Morgan fingerprint density at radius 1 is 1.43 bits per heavy atom. The zero-order chi connectivity index (χ0) is 10.7. The third-order valence-corrected chi connectivity index (χ3v) is 2.69. The second kappa shape index (κ2) is 4.37. The molecule has 3 nitrogen and oxygen atoms in total. The lowest BCUT2D eigenvalue weighted by Gasteiger charge is -2.11. The van der Waals surface area contributed by atoms with Gasteiger partial charge in [0.2, 0.25) is 0 Å². The summed E-state index contributed by atoms with van der Waals surface area (Å²) in [6.45, 7) is 0. The molecule has 0 aromatic heterocycles. The molecule has 76 valence electrons. The first kappa shape index (κ1) is 10.9. The molecule has 0 aliphatic carbocycles. The van der Waals surface area contributed by atoms with E-state index in [0.717, 1.165) is 4.90 Å². The summed E-state index contributed by atoms with van der Waals surface area (Å²) in [7, 11) is 3.45. The molecule has 4 heteroatoms. The maximum absolute atomic E-state index is 11.6. The van der Waals surface area contributed by atoms with Gasteiger partial charge in [-0.1, -0.05) is 0 Å². The molecule has 14 heavy (non-hydrogen) atoms. The first-order valence-electron chi connectivity index (χ1n) is 4.21. The number of nitrogen functional groups attached to an aromatic ring is 1. The topological polar surface area (TPSA) is 46.3 Å². The maximum Gasteiger partial charge on any atom is 0.253 e. The number of carbonyl (C=O) groups is 1. The highest BCUT2D eigenvalue weighted by Gasteiger charge is 2.09. The quantitative estimate of drug-likeness (QED) is 0.597. The molecule has 1 aromatic carbocycles. The van der Waals surface area contributed by atoms with Crippen LogP contribution in [0.2, 0.25) is 0 Å². The molecule has 0 saturated heterocycles. The molecule has 0 atom stereocenters. The highest BCUT2D eigenvalue weighted by atomic mass is 32.2. The fourth-order valence-corrected chi connectivity index (χ4v) is 1.62. The number of thioether (sulfide) groups is 1. The molecule has 1 amide bonds. The fraction of sp³-hybridized carbons (Fsp3) is 0.300. The van der Waals surface area contributed by atoms with Crippen molar-refractivity contribution >= 4 is 23.4 Å². The summed E-state index contributed by atoms with van der Waals surface area (Å²) >= 11 is 1.57. The largest absolute Gasteiger partial charge is 0.398 e. The first-order valence-corrected chi connectivity index (χ1v) is 5.44. The monoisotopic (exact) mass is 210 g/mol. The molecular formula is C10H14N2OS. The van der Waals surface area contributed by atoms with Crippen molar-refractivity contribution in [2.45, 2.75) is 4.90 Å². The summed E-state index contributed by atoms with van der Waals surface area (Å²) in [4.78, 5) is 14.1. The molecule has 0 spiro atoms. The second-order valence-electron chi connectivity index (χ2n) is 3.16. The molecule has 0 heterocycles. The van der Waals surface area contributed by atoms with E-state index in [1.165, 1.54) is 4.90 Å². The molecule has 2 N–H and O–H groups in total. The van der Waals surface area contributed by atoms with Gasteiger partial charge in [-0.15, -0.1) is 11.8 Å². The lowest BCUT2D eigenvalue weighted by atomic mass is 10.2. The van der Waals surface area contributed by atoms with Crippen molar-refractivity contribution in [3.8, 4) is 0 Å². The van der Waals surface area contributed by atoms with Crippen molar-refractivity contribution in [1.29, 1.82) is 0 Å². The van der Waals surface area contributed by atoms with Gasteiger partial charge in [-0.3, -0.25) is 4.79 Å². The summed E-state index contributed by atoms with van der Waals surface area (Å²) in [5.74, 6) is -0.0237. The van der Waals surface area contributed by atoms with Crippen molar-refractivity contribution in [2.24, 2.45) is 0 Å². The summed E-state index contributed by atoms with van der Waals surface area (Å²) in [5, 5.41) is 0. The van der Waals surface area contributed by atoms with E-state index in [1.54, 1.807) is 38.0 Å². The highest BCUT2D eigenvalue weighted by Crippen LogP contribution is 2.23. The summed E-state index contributed by atoms with van der Waals surface area (Å²) < 4.78 is 0. The van der Waals surface area contributed by atoms with Crippen LogP contribution in [0, 0.1) is 0 Å². The molecule has 0 bridgehead atoms. The molecule has 0 saturated carbocycles. The van der Waals surface area contributed by atoms with Gasteiger partial charge >= 0.3 is 0 Å². The van der Waals surface area contributed by atoms with Crippen molar-refractivity contribution in [3.63, 3.8) is 0 Å². The Morgan fingerprint density at radius 2 is 2.07 bits per heavy atom. The number of amides is 1. The van der Waals surface area contributed by atoms with Crippen molar-refractivity contribution in [2.75, 3.05) is 26.1 Å². The number of carbonyl (C=O) groups excluding carboxylic acids is 1. The minimum Gasteiger partial charge on any atom is -0.398 e. The number of nitrogens with zero attached hydrogens (tertiary/aromatic N) is 1. The van der Waals surface area contributed by atoms with Crippen LogP contribution < -0.4 is 5.73 Å². The van der Waals surface area contributed by atoms with Crippen LogP contribution >= 0.6 is 11.8 Å². The summed E-state index contributed by atoms with van der Waals surface area (Å²) in [5.41, 5.74) is 7.07. The van der Waals surface area contributed by atoms with Gasteiger partial charge in [0, 0.05) is 30.2 Å². The molecule has 0 aliphatic rings. The first-order chi connectivity index (χ1) is 6.56. The van der Waals surface area contributed by atoms with E-state index < -0.39 is 0 Å². The Balaban J connectivity index is 3.03. The smallest absolute Gasteiger partial charge is 0.253 e. The van der Waals surface area contributed by atoms with E-state index in [1.807, 2.05) is 12.3 Å². The van der Waals surface area contributed by atoms with E-state index in [4.69, 9.17) is 5.73 Å². The Hall–Kier alpha value is -1.16. The Kier molecular flexibility index (Phi) is 3.41. The standard InChI is InChI=1S/C10H14N2OS/c1-12(2)10(13)7-4-5-9(14-3)8(11)6-7/h4-6H,11H2,1-3H3. The molecule has 0 unspecified atom stereocenters. The van der Waals surface area contributed by atoms with Crippen LogP contribution in [0.4, 0.5) is 5.69 Å². The highest BCUT2D eigenvalue weighted by molar-refractivity contribution is 7.98. The van der Waals surface area contributed by atoms with Gasteiger partial charge in [0.25, 0.3) is 5.91 Å². The zero-order valence-corrected chi connectivity index (χ0v) is 9.39. The lowest BCUT2D eigenvalue weighted by Crippen LogP contribution is -2.21. The van der Waals surface area contributed by atoms with Gasteiger partial charge in [0.15, 0.2) is 0 Å². The molecule has 0 aliphatic heterocycles. The van der Waals surface area contributed by atoms with Gasteiger partial charge in [-0.05, 0) is 24.5 Å². The number of hydrogen-bond acceptors (Lipinski definition) is 3. The van der Waals surface area contributed by atoms with Crippen LogP contribution in [-0.2, 0) is 0 Å². The second-order valence-corrected chi connectivity index (χ2v) is 4.00. The summed E-state index contributed by atoms with van der Waals surface area (Å²) in [6.07, 6.45) is 1.96. The number of benzene rings is 1. The SMILES string of the molecule is CSc1ccc(C(=O)N(C)C)cc1N. The van der Waals surface area contributed by atoms with Crippen LogP contribution in [-0.4, -0.2) is 31.2 Å². The van der Waals surface area contributed by atoms with Crippen LogP contribution in [0.1, 0.15) is 10.4 Å². The molecule has 0 fully saturated rings. The van der Waals surface area contributed by atoms with Gasteiger partial charge in [-0.25, -0.2) is 0 Å². The third kappa shape index (κ3) is 2.20. The predicted molar refractivity (Wildman–Crippen MR) is 60.7 cm³/mol.